The number of carbonyl (C=O) groups is 2. The molecule has 0 aliphatic rings. The van der Waals surface area contributed by atoms with Crippen LogP contribution in [0, 0.1) is 20.8 Å². The van der Waals surface area contributed by atoms with Gasteiger partial charge < -0.3 is 15.0 Å². The molecular weight excluding hydrogens is 464 g/mol. The van der Waals surface area contributed by atoms with Gasteiger partial charge in [0.15, 0.2) is 6.61 Å². The normalized spacial score (nSPS) is 11.0. The van der Waals surface area contributed by atoms with Gasteiger partial charge in [-0.05, 0) is 48.8 Å². The molecule has 0 fully saturated rings. The Hall–Kier alpha value is -3.53. The van der Waals surface area contributed by atoms with E-state index in [2.05, 4.69) is 41.3 Å². The number of fused-ring (bicyclic) bond motifs is 1. The van der Waals surface area contributed by atoms with Crippen LogP contribution >= 0.6 is 15.9 Å². The van der Waals surface area contributed by atoms with Crippen molar-refractivity contribution in [2.45, 2.75) is 20.8 Å². The molecule has 2 N–H and O–H groups in total. The Kier molecular flexibility index (Phi) is 5.55. The maximum Gasteiger partial charge on any atom is 0.356 e. The summed E-state index contributed by atoms with van der Waals surface area (Å²) in [5, 5.41) is 7.91. The first-order valence-electron chi connectivity index (χ1n) is 9.44. The molecule has 0 atom stereocenters. The van der Waals surface area contributed by atoms with E-state index in [0.29, 0.717) is 21.9 Å². The van der Waals surface area contributed by atoms with E-state index in [1.54, 1.807) is 13.0 Å². The molecule has 1 amide bonds. The summed E-state index contributed by atoms with van der Waals surface area (Å²) in [6, 6.07) is 11.0. The van der Waals surface area contributed by atoms with Crippen molar-refractivity contribution >= 4 is 44.5 Å². The van der Waals surface area contributed by atoms with Gasteiger partial charge in [-0.1, -0.05) is 18.2 Å². The third kappa shape index (κ3) is 4.33. The van der Waals surface area contributed by atoms with Crippen molar-refractivity contribution in [1.29, 1.82) is 0 Å². The van der Waals surface area contributed by atoms with Gasteiger partial charge in [-0.3, -0.25) is 4.79 Å². The third-order valence-corrected chi connectivity index (χ3v) is 5.26. The third-order valence-electron chi connectivity index (χ3n) is 4.44. The number of para-hydroxylation sites is 1. The number of anilines is 1. The molecule has 10 heteroatoms. The highest BCUT2D eigenvalue weighted by atomic mass is 79.9. The summed E-state index contributed by atoms with van der Waals surface area (Å²) >= 11 is 3.40. The van der Waals surface area contributed by atoms with Crippen molar-refractivity contribution in [3.8, 4) is 5.95 Å². The van der Waals surface area contributed by atoms with Gasteiger partial charge in [-0.2, -0.15) is 9.78 Å². The minimum atomic E-state index is -0.638. The second kappa shape index (κ2) is 8.31. The van der Waals surface area contributed by atoms with Crippen LogP contribution in [-0.4, -0.2) is 43.2 Å². The van der Waals surface area contributed by atoms with Gasteiger partial charge in [-0.25, -0.2) is 14.8 Å². The highest BCUT2D eigenvalue weighted by Gasteiger charge is 2.19. The Morgan fingerprint density at radius 1 is 1.10 bits per heavy atom. The van der Waals surface area contributed by atoms with Gasteiger partial charge in [0.05, 0.1) is 10.2 Å². The molecular formula is C21H19BrN6O3. The second-order valence-electron chi connectivity index (χ2n) is 7.02. The molecule has 3 aromatic heterocycles. The highest BCUT2D eigenvalue weighted by molar-refractivity contribution is 9.10. The van der Waals surface area contributed by atoms with Crippen molar-refractivity contribution in [1.82, 2.24) is 24.7 Å². The standard InChI is InChI=1S/C21H19BrN6O3/c1-11-8-12(2)24-21(23-11)28-16(9-13(3)27-28)26-17(29)10-31-20(30)19-18(22)14-6-4-5-7-15(14)25-19/h4-9,25H,10H2,1-3H3,(H,26,29). The molecule has 0 spiro atoms. The van der Waals surface area contributed by atoms with Crippen LogP contribution in [0.1, 0.15) is 27.6 Å². The van der Waals surface area contributed by atoms with Crippen LogP contribution in [0.4, 0.5) is 5.82 Å². The molecule has 158 valence electrons. The largest absolute Gasteiger partial charge is 0.451 e. The van der Waals surface area contributed by atoms with E-state index in [-0.39, 0.29) is 5.69 Å². The second-order valence-corrected chi connectivity index (χ2v) is 7.81. The van der Waals surface area contributed by atoms with Crippen LogP contribution < -0.4 is 5.32 Å². The molecule has 1 aromatic carbocycles. The topological polar surface area (TPSA) is 115 Å². The van der Waals surface area contributed by atoms with Crippen LogP contribution in [0.25, 0.3) is 16.9 Å². The van der Waals surface area contributed by atoms with Gasteiger partial charge in [0, 0.05) is 28.4 Å². The number of H-pyrrole nitrogens is 1. The van der Waals surface area contributed by atoms with E-state index >= 15 is 0 Å². The number of nitrogens with one attached hydrogen (secondary N) is 2. The molecule has 0 aliphatic heterocycles. The van der Waals surface area contributed by atoms with E-state index in [1.165, 1.54) is 4.68 Å². The lowest BCUT2D eigenvalue weighted by Crippen LogP contribution is -2.23. The smallest absolute Gasteiger partial charge is 0.356 e. The summed E-state index contributed by atoms with van der Waals surface area (Å²) in [5.74, 6) is -0.415. The van der Waals surface area contributed by atoms with Crippen molar-refractivity contribution in [2.75, 3.05) is 11.9 Å². The molecule has 3 heterocycles. The lowest BCUT2D eigenvalue weighted by atomic mass is 10.2. The van der Waals surface area contributed by atoms with Crippen molar-refractivity contribution in [3.63, 3.8) is 0 Å². The molecule has 0 unspecified atom stereocenters. The average Bonchev–Trinajstić information content (AvgIpc) is 3.25. The van der Waals surface area contributed by atoms with E-state index in [1.807, 2.05) is 44.2 Å². The molecule has 0 saturated carbocycles. The summed E-state index contributed by atoms with van der Waals surface area (Å²) in [7, 11) is 0. The Labute approximate surface area is 186 Å². The van der Waals surface area contributed by atoms with Crippen molar-refractivity contribution in [2.24, 2.45) is 0 Å². The number of esters is 1. The van der Waals surface area contributed by atoms with Gasteiger partial charge in [0.2, 0.25) is 0 Å². The van der Waals surface area contributed by atoms with E-state index in [0.717, 1.165) is 22.3 Å². The number of benzene rings is 1. The number of nitrogens with zero attached hydrogens (tertiary/aromatic N) is 4. The number of halogens is 1. The quantitative estimate of drug-likeness (QED) is 0.419. The van der Waals surface area contributed by atoms with Crippen LogP contribution in [-0.2, 0) is 9.53 Å². The highest BCUT2D eigenvalue weighted by Crippen LogP contribution is 2.28. The van der Waals surface area contributed by atoms with E-state index in [4.69, 9.17) is 4.74 Å². The maximum atomic E-state index is 12.5. The van der Waals surface area contributed by atoms with E-state index in [9.17, 15) is 9.59 Å². The summed E-state index contributed by atoms with van der Waals surface area (Å²) in [4.78, 5) is 36.6. The number of aryl methyl sites for hydroxylation is 3. The molecule has 9 nitrogen and oxygen atoms in total. The van der Waals surface area contributed by atoms with Gasteiger partial charge in [0.25, 0.3) is 11.9 Å². The first-order chi connectivity index (χ1) is 14.8. The molecule has 4 rings (SSSR count). The van der Waals surface area contributed by atoms with Crippen LogP contribution in [0.2, 0.25) is 0 Å². The molecule has 0 bridgehead atoms. The Bertz CT molecular complexity index is 1290. The zero-order valence-corrected chi connectivity index (χ0v) is 18.6. The predicted molar refractivity (Wildman–Crippen MR) is 118 cm³/mol. The van der Waals surface area contributed by atoms with Crippen molar-refractivity contribution < 1.29 is 14.3 Å². The summed E-state index contributed by atoms with van der Waals surface area (Å²) in [5.41, 5.74) is 3.28. The summed E-state index contributed by atoms with van der Waals surface area (Å²) in [6.07, 6.45) is 0. The fourth-order valence-electron chi connectivity index (χ4n) is 3.17. The zero-order valence-electron chi connectivity index (χ0n) is 17.1. The first-order valence-corrected chi connectivity index (χ1v) is 10.2. The maximum absolute atomic E-state index is 12.5. The van der Waals surface area contributed by atoms with Gasteiger partial charge in [-0.15, -0.1) is 0 Å². The van der Waals surface area contributed by atoms with Crippen LogP contribution in [0.15, 0.2) is 40.9 Å². The number of amides is 1. The fourth-order valence-corrected chi connectivity index (χ4v) is 3.78. The zero-order chi connectivity index (χ0) is 22.1. The predicted octanol–water partition coefficient (Wildman–Crippen LogP) is 3.63. The SMILES string of the molecule is Cc1cc(C)nc(-n2nc(C)cc2NC(=O)COC(=O)c2[nH]c3ccccc3c2Br)n1. The summed E-state index contributed by atoms with van der Waals surface area (Å²) in [6.45, 7) is 5.05. The van der Waals surface area contributed by atoms with Crippen LogP contribution in [0.5, 0.6) is 0 Å². The molecule has 0 aliphatic carbocycles. The number of carbonyl (C=O) groups excluding carboxylic acids is 2. The van der Waals surface area contributed by atoms with Gasteiger partial charge in [0.1, 0.15) is 11.5 Å². The Morgan fingerprint density at radius 3 is 2.52 bits per heavy atom. The molecule has 0 saturated heterocycles. The monoisotopic (exact) mass is 482 g/mol. The number of hydrogen-bond donors (Lipinski definition) is 2. The first kappa shape index (κ1) is 20.7. The minimum absolute atomic E-state index is 0.249. The summed E-state index contributed by atoms with van der Waals surface area (Å²) < 4.78 is 7.23. The fraction of sp³-hybridized carbons (Fsp3) is 0.190. The Balaban J connectivity index is 1.47. The number of rotatable bonds is 5. The van der Waals surface area contributed by atoms with E-state index < -0.39 is 18.5 Å². The average molecular weight is 483 g/mol. The van der Waals surface area contributed by atoms with Crippen molar-refractivity contribution in [3.05, 3.63) is 63.6 Å². The number of ether oxygens (including phenoxy) is 1. The lowest BCUT2D eigenvalue weighted by molar-refractivity contribution is -0.119. The number of hydrogen-bond acceptors (Lipinski definition) is 6. The number of aromatic nitrogens is 5. The Morgan fingerprint density at radius 2 is 1.81 bits per heavy atom. The van der Waals surface area contributed by atoms with Gasteiger partial charge >= 0.3 is 5.97 Å². The molecule has 4 aromatic rings. The molecule has 0 radical (unpaired) electrons. The molecule has 31 heavy (non-hydrogen) atoms. The minimum Gasteiger partial charge on any atom is -0.451 e. The van der Waals surface area contributed by atoms with Crippen LogP contribution in [0.3, 0.4) is 0 Å². The lowest BCUT2D eigenvalue weighted by Gasteiger charge is -2.09. The number of aromatic amines is 1.